The average Bonchev–Trinajstić information content (AvgIpc) is 3.61. The third-order valence-electron chi connectivity index (χ3n) is 11.0. The van der Waals surface area contributed by atoms with Gasteiger partial charge in [0.1, 0.15) is 5.66 Å². The first-order valence-electron chi connectivity index (χ1n) is 16.8. The van der Waals surface area contributed by atoms with Gasteiger partial charge in [-0.25, -0.2) is 33.5 Å². The number of hydrogen-bond donors (Lipinski definition) is 0. The second-order valence-electron chi connectivity index (χ2n) is 14.1. The van der Waals surface area contributed by atoms with E-state index in [0.717, 1.165) is 38.5 Å². The maximum Gasteiger partial charge on any atom is 0.269 e. The van der Waals surface area contributed by atoms with Gasteiger partial charge < -0.3 is 4.90 Å². The number of halogens is 1. The van der Waals surface area contributed by atoms with Crippen molar-refractivity contribution in [3.05, 3.63) is 95.5 Å². The van der Waals surface area contributed by atoms with E-state index in [2.05, 4.69) is 17.0 Å². The standard InChI is InChI=1S/C35H41ClN6O7S3/c1-37(50(3,44)45)25-35-26-40(23-32(43)41(35)24-34(38(35)2)16-18-39(19-17-34)22-27-10-6-4-7-11-27)52(48,49)33-21-28-20-29(36)14-15-31(28)42(33)51(46,47)30-12-8-5-9-13-30/h4-15,20-21H,16-19,22-26H2,1-3H3. The molecule has 0 radical (unpaired) electrons. The Hall–Kier alpha value is -3.35. The predicted octanol–water partition coefficient (Wildman–Crippen LogP) is 2.93. The summed E-state index contributed by atoms with van der Waals surface area (Å²) in [6, 6.07) is 23.3. The molecule has 3 aliphatic rings. The van der Waals surface area contributed by atoms with Gasteiger partial charge in [-0.15, -0.1) is 0 Å². The Bertz CT molecular complexity index is 2350. The highest BCUT2D eigenvalue weighted by Crippen LogP contribution is 2.46. The molecule has 17 heteroatoms. The average molecular weight is 789 g/mol. The summed E-state index contributed by atoms with van der Waals surface area (Å²) < 4.78 is 86.8. The van der Waals surface area contributed by atoms with Crippen LogP contribution >= 0.6 is 11.6 Å². The van der Waals surface area contributed by atoms with Crippen molar-refractivity contribution in [3.8, 4) is 0 Å². The summed E-state index contributed by atoms with van der Waals surface area (Å²) in [5.41, 5.74) is -0.654. The molecule has 1 aromatic heterocycles. The summed E-state index contributed by atoms with van der Waals surface area (Å²) >= 11 is 6.26. The number of aromatic nitrogens is 1. The van der Waals surface area contributed by atoms with Gasteiger partial charge in [0, 0.05) is 49.2 Å². The molecule has 3 aliphatic heterocycles. The lowest BCUT2D eigenvalue weighted by molar-refractivity contribution is -0.147. The van der Waals surface area contributed by atoms with Gasteiger partial charge >= 0.3 is 0 Å². The highest BCUT2D eigenvalue weighted by atomic mass is 35.5. The summed E-state index contributed by atoms with van der Waals surface area (Å²) in [5, 5.41) is 0.0114. The minimum absolute atomic E-state index is 0.0995. The topological polar surface area (TPSA) is 141 Å². The first-order chi connectivity index (χ1) is 24.5. The third-order valence-corrected chi connectivity index (χ3v) is 16.1. The number of fused-ring (bicyclic) bond motifs is 2. The van der Waals surface area contributed by atoms with Crippen molar-refractivity contribution in [3.63, 3.8) is 0 Å². The highest BCUT2D eigenvalue weighted by molar-refractivity contribution is 7.92. The number of piperidine rings is 1. The number of likely N-dealkylation sites (N-methyl/N-ethyl adjacent to an activating group) is 2. The summed E-state index contributed by atoms with van der Waals surface area (Å²) in [4.78, 5) is 20.1. The van der Waals surface area contributed by atoms with Crippen molar-refractivity contribution in [1.29, 1.82) is 0 Å². The van der Waals surface area contributed by atoms with Crippen LogP contribution in [0.3, 0.4) is 0 Å². The molecule has 278 valence electrons. The molecule has 1 spiro atoms. The van der Waals surface area contributed by atoms with Crippen LogP contribution in [0.15, 0.2) is 94.9 Å². The Balaban J connectivity index is 1.29. The number of hydrogen-bond acceptors (Lipinski definition) is 9. The zero-order chi connectivity index (χ0) is 37.3. The van der Waals surface area contributed by atoms with Crippen LogP contribution in [0.5, 0.6) is 0 Å². The Morgan fingerprint density at radius 1 is 0.827 bits per heavy atom. The monoisotopic (exact) mass is 788 g/mol. The van der Waals surface area contributed by atoms with Crippen LogP contribution in [-0.2, 0) is 41.4 Å². The van der Waals surface area contributed by atoms with Gasteiger partial charge in [0.25, 0.3) is 20.0 Å². The van der Waals surface area contributed by atoms with Gasteiger partial charge in [-0.1, -0.05) is 60.1 Å². The van der Waals surface area contributed by atoms with Crippen molar-refractivity contribution in [2.24, 2.45) is 0 Å². The highest BCUT2D eigenvalue weighted by Gasteiger charge is 2.63. The van der Waals surface area contributed by atoms with Crippen LogP contribution < -0.4 is 0 Å². The van der Waals surface area contributed by atoms with Crippen LogP contribution in [0.25, 0.3) is 10.9 Å². The number of likely N-dealkylation sites (tertiary alicyclic amines) is 1. The molecule has 13 nitrogen and oxygen atoms in total. The molecular formula is C35H41ClN6O7S3. The van der Waals surface area contributed by atoms with Gasteiger partial charge in [-0.3, -0.25) is 14.6 Å². The van der Waals surface area contributed by atoms with E-state index < -0.39 is 58.7 Å². The number of carbonyl (C=O) groups is 1. The molecule has 7 rings (SSSR count). The van der Waals surface area contributed by atoms with Crippen molar-refractivity contribution < 1.29 is 30.0 Å². The van der Waals surface area contributed by atoms with E-state index in [4.69, 9.17) is 11.6 Å². The van der Waals surface area contributed by atoms with Gasteiger partial charge in [-0.2, -0.15) is 4.31 Å². The van der Waals surface area contributed by atoms with Crippen molar-refractivity contribution in [1.82, 2.24) is 27.3 Å². The summed E-state index contributed by atoms with van der Waals surface area (Å²) in [7, 11) is -9.70. The van der Waals surface area contributed by atoms with Crippen LogP contribution in [0.4, 0.5) is 0 Å². The third kappa shape index (κ3) is 6.26. The smallest absolute Gasteiger partial charge is 0.269 e. The lowest BCUT2D eigenvalue weighted by Crippen LogP contribution is -2.71. The number of nitrogens with zero attached hydrogens (tertiary/aromatic N) is 6. The molecule has 4 aromatic rings. The fourth-order valence-corrected chi connectivity index (χ4v) is 12.1. The number of rotatable bonds is 9. The van der Waals surface area contributed by atoms with E-state index in [1.165, 1.54) is 49.0 Å². The molecule has 4 heterocycles. The van der Waals surface area contributed by atoms with E-state index in [1.807, 2.05) is 30.1 Å². The normalized spacial score (nSPS) is 22.1. The number of amides is 1. The molecule has 0 N–H and O–H groups in total. The van der Waals surface area contributed by atoms with E-state index in [-0.39, 0.29) is 33.9 Å². The Labute approximate surface area is 310 Å². The molecule has 0 aliphatic carbocycles. The first-order valence-corrected chi connectivity index (χ1v) is 21.9. The SMILES string of the molecule is CN1C2(CCN(Cc3ccccc3)CC2)CN2C(=O)CN(S(=O)(=O)c3cc4cc(Cl)ccc4n3S(=O)(=O)c3ccccc3)CC21CN(C)S(C)(=O)=O. The van der Waals surface area contributed by atoms with Gasteiger partial charge in [0.15, 0.2) is 5.03 Å². The van der Waals surface area contributed by atoms with Gasteiger partial charge in [0.05, 0.1) is 36.3 Å². The summed E-state index contributed by atoms with van der Waals surface area (Å²) in [6.07, 6.45) is 2.40. The lowest BCUT2D eigenvalue weighted by Gasteiger charge is -2.52. The molecule has 1 unspecified atom stereocenters. The molecule has 0 bridgehead atoms. The Morgan fingerprint density at radius 2 is 1.46 bits per heavy atom. The maximum atomic E-state index is 14.9. The molecule has 1 amide bonds. The fraction of sp³-hybridized carbons (Fsp3) is 0.400. The first kappa shape index (κ1) is 37.0. The second-order valence-corrected chi connectivity index (χ2v) is 20.3. The fourth-order valence-electron chi connectivity index (χ4n) is 8.00. The zero-order valence-electron chi connectivity index (χ0n) is 29.1. The molecule has 3 saturated heterocycles. The van der Waals surface area contributed by atoms with Crippen molar-refractivity contribution >= 4 is 58.5 Å². The van der Waals surface area contributed by atoms with Crippen LogP contribution in [0.2, 0.25) is 5.02 Å². The molecule has 1 atom stereocenters. The number of benzene rings is 3. The summed E-state index contributed by atoms with van der Waals surface area (Å²) in [5.74, 6) is -0.496. The largest absolute Gasteiger partial charge is 0.319 e. The number of carbonyl (C=O) groups excluding carboxylic acids is 1. The van der Waals surface area contributed by atoms with Crippen molar-refractivity contribution in [2.75, 3.05) is 59.6 Å². The molecule has 3 fully saturated rings. The molecule has 0 saturated carbocycles. The van der Waals surface area contributed by atoms with Crippen LogP contribution in [-0.4, -0.2) is 129 Å². The minimum atomic E-state index is -4.72. The van der Waals surface area contributed by atoms with E-state index in [9.17, 15) is 30.0 Å². The Morgan fingerprint density at radius 3 is 2.10 bits per heavy atom. The van der Waals surface area contributed by atoms with E-state index in [0.29, 0.717) is 19.4 Å². The lowest BCUT2D eigenvalue weighted by atomic mass is 9.86. The van der Waals surface area contributed by atoms with Gasteiger partial charge in [-0.05, 0) is 61.9 Å². The van der Waals surface area contributed by atoms with Crippen LogP contribution in [0.1, 0.15) is 18.4 Å². The number of piperazine rings is 1. The van der Waals surface area contributed by atoms with E-state index in [1.54, 1.807) is 23.1 Å². The molecular weight excluding hydrogens is 748 g/mol. The molecule has 3 aromatic carbocycles. The Kier molecular flexibility index (Phi) is 9.38. The number of sulfonamides is 2. The summed E-state index contributed by atoms with van der Waals surface area (Å²) in [6.45, 7) is 1.47. The zero-order valence-corrected chi connectivity index (χ0v) is 32.3. The van der Waals surface area contributed by atoms with Gasteiger partial charge in [0.2, 0.25) is 15.9 Å². The van der Waals surface area contributed by atoms with Crippen LogP contribution in [0, 0.1) is 0 Å². The van der Waals surface area contributed by atoms with E-state index >= 15 is 0 Å². The van der Waals surface area contributed by atoms with Crippen molar-refractivity contribution in [2.45, 2.75) is 40.5 Å². The minimum Gasteiger partial charge on any atom is -0.319 e. The maximum absolute atomic E-state index is 14.9. The predicted molar refractivity (Wildman–Crippen MR) is 198 cm³/mol. The molecule has 52 heavy (non-hydrogen) atoms. The second kappa shape index (κ2) is 13.2. The quantitative estimate of drug-likeness (QED) is 0.251.